The van der Waals surface area contributed by atoms with Gasteiger partial charge < -0.3 is 47.9 Å². The van der Waals surface area contributed by atoms with Gasteiger partial charge in [0.25, 0.3) is 0 Å². The van der Waals surface area contributed by atoms with Crippen LogP contribution in [-0.4, -0.2) is 164 Å². The van der Waals surface area contributed by atoms with Crippen molar-refractivity contribution >= 4 is 52.0 Å². The zero-order valence-electron chi connectivity index (χ0n) is 37.6. The monoisotopic (exact) mass is 892 g/mol. The quantitative estimate of drug-likeness (QED) is 0.207. The van der Waals surface area contributed by atoms with Crippen molar-refractivity contribution in [1.82, 2.24) is 59.0 Å². The molecule has 4 aliphatic rings. The van der Waals surface area contributed by atoms with E-state index in [-0.39, 0.29) is 5.95 Å². The molecule has 22 nitrogen and oxygen atoms in total. The molecule has 0 radical (unpaired) electrons. The number of carbonyl (C=O) groups excluding carboxylic acids is 1. The van der Waals surface area contributed by atoms with Crippen molar-refractivity contribution in [2.24, 2.45) is 11.8 Å². The van der Waals surface area contributed by atoms with Crippen LogP contribution in [0.5, 0.6) is 0 Å². The summed E-state index contributed by atoms with van der Waals surface area (Å²) in [6, 6.07) is 0. The molecule has 4 fully saturated rings. The van der Waals surface area contributed by atoms with Crippen molar-refractivity contribution in [3.63, 3.8) is 0 Å². The number of fused-ring (bicyclic) bond motifs is 2. The first kappa shape index (κ1) is 44.0. The van der Waals surface area contributed by atoms with Crippen molar-refractivity contribution in [2.45, 2.75) is 52.3 Å². The van der Waals surface area contributed by atoms with Gasteiger partial charge in [0.1, 0.15) is 5.60 Å². The molecule has 10 heterocycles. The minimum Gasteiger partial charge on any atom is -0.443 e. The van der Waals surface area contributed by atoms with Crippen molar-refractivity contribution < 1.29 is 28.5 Å². The summed E-state index contributed by atoms with van der Waals surface area (Å²) in [6.45, 7) is 15.9. The summed E-state index contributed by atoms with van der Waals surface area (Å²) in [7, 11) is 3.37. The Bertz CT molecular complexity index is 2540. The fourth-order valence-electron chi connectivity index (χ4n) is 7.98. The van der Waals surface area contributed by atoms with Gasteiger partial charge in [0.05, 0.1) is 63.4 Å². The van der Waals surface area contributed by atoms with E-state index < -0.39 is 11.7 Å². The third-order valence-corrected chi connectivity index (χ3v) is 11.5. The highest BCUT2D eigenvalue weighted by Gasteiger charge is 2.27. The summed E-state index contributed by atoms with van der Waals surface area (Å²) >= 11 is 0. The minimum atomic E-state index is -0.613. The largest absolute Gasteiger partial charge is 0.443 e. The lowest BCUT2D eigenvalue weighted by Gasteiger charge is -2.28. The van der Waals surface area contributed by atoms with Crippen LogP contribution in [0.25, 0.3) is 45.1 Å². The van der Waals surface area contributed by atoms with Crippen LogP contribution < -0.4 is 20.0 Å². The average Bonchev–Trinajstić information content (AvgIpc) is 4.19. The lowest BCUT2D eigenvalue weighted by molar-refractivity contribution is 0.0587. The van der Waals surface area contributed by atoms with Gasteiger partial charge in [-0.3, -0.25) is 0 Å². The molecular weight excluding hydrogens is 837 g/mol. The topological polar surface area (TPSA) is 224 Å². The first-order chi connectivity index (χ1) is 31.6. The minimum absolute atomic E-state index is 0.230. The number of nitrogens with zero attached hydrogens (tertiary/aromatic N) is 15. The van der Waals surface area contributed by atoms with E-state index in [1.54, 1.807) is 38.9 Å². The van der Waals surface area contributed by atoms with Crippen LogP contribution >= 0.6 is 0 Å². The van der Waals surface area contributed by atoms with E-state index in [0.29, 0.717) is 61.4 Å². The smallest absolute Gasteiger partial charge is 0.416 e. The zero-order chi connectivity index (χ0) is 44.9. The van der Waals surface area contributed by atoms with E-state index in [0.717, 1.165) is 118 Å². The van der Waals surface area contributed by atoms with Crippen LogP contribution in [0.2, 0.25) is 0 Å². The van der Waals surface area contributed by atoms with Crippen LogP contribution in [0.4, 0.5) is 28.3 Å². The van der Waals surface area contributed by atoms with Crippen LogP contribution in [0.15, 0.2) is 37.4 Å². The van der Waals surface area contributed by atoms with Gasteiger partial charge in [0.2, 0.25) is 11.9 Å². The standard InChI is InChI=1S/C24H32N8O4.C19H24N8O2/c1-24(2,3)36-23(33)30(4)22-25-11-17(12-26-22)19-28-20(31-6-9-34-10-7-31)18-21(29-19)32(15-27-18)13-16-5-8-35-14-16;1-20-19-21-8-14(9-22-19)16-24-17(26-3-6-28-7-4-26)15-18(25-16)27(12-23-15)10-13-2-5-29-11-13/h11-12,15-16H,5-10,13-14H2,1-4H3;8-9,12-13H,2-7,10-11H2,1H3,(H,20,21,22). The van der Waals surface area contributed by atoms with Gasteiger partial charge in [-0.1, -0.05) is 0 Å². The fourth-order valence-corrected chi connectivity index (χ4v) is 7.98. The van der Waals surface area contributed by atoms with Gasteiger partial charge in [-0.15, -0.1) is 0 Å². The average molecular weight is 893 g/mol. The molecule has 4 aliphatic heterocycles. The zero-order valence-corrected chi connectivity index (χ0v) is 37.6. The Balaban J connectivity index is 0.000000168. The van der Waals surface area contributed by atoms with E-state index in [1.165, 1.54) is 4.90 Å². The van der Waals surface area contributed by atoms with Gasteiger partial charge in [-0.05, 0) is 33.6 Å². The maximum absolute atomic E-state index is 12.4. The molecule has 344 valence electrons. The third kappa shape index (κ3) is 10.2. The summed E-state index contributed by atoms with van der Waals surface area (Å²) < 4.78 is 31.8. The number of amides is 1. The SMILES string of the molecule is CN(C(=O)OC(C)(C)C)c1ncc(-c2nc(N3CCOCC3)c3ncn(CC4CCOC4)c3n2)cn1.CNc1ncc(-c2nc(N3CCOCC3)c3ncn(CC4CCOC4)c3n2)cn1. The van der Waals surface area contributed by atoms with Gasteiger partial charge in [0, 0.05) is 103 Å². The number of aromatic nitrogens is 12. The molecule has 1 amide bonds. The molecule has 0 bridgehead atoms. The lowest BCUT2D eigenvalue weighted by atomic mass is 10.1. The Hall–Kier alpha value is -6.23. The van der Waals surface area contributed by atoms with E-state index in [4.69, 9.17) is 43.6 Å². The number of ether oxygens (including phenoxy) is 5. The molecule has 1 N–H and O–H groups in total. The molecule has 0 aliphatic carbocycles. The molecule has 22 heteroatoms. The summed E-state index contributed by atoms with van der Waals surface area (Å²) in [5.74, 6) is 4.42. The molecule has 2 unspecified atom stereocenters. The molecule has 4 saturated heterocycles. The number of morpholine rings is 2. The summed E-state index contributed by atoms with van der Waals surface area (Å²) in [6.07, 6.45) is 12.0. The number of hydrogen-bond acceptors (Lipinski definition) is 19. The van der Waals surface area contributed by atoms with E-state index in [9.17, 15) is 4.79 Å². The number of anilines is 4. The van der Waals surface area contributed by atoms with Crippen molar-refractivity contribution in [3.8, 4) is 22.8 Å². The maximum Gasteiger partial charge on any atom is 0.416 e. The second-order valence-corrected chi connectivity index (χ2v) is 17.4. The molecule has 6 aromatic rings. The van der Waals surface area contributed by atoms with Crippen LogP contribution in [0, 0.1) is 11.8 Å². The van der Waals surface area contributed by atoms with E-state index in [1.807, 2.05) is 33.4 Å². The summed E-state index contributed by atoms with van der Waals surface area (Å²) in [5, 5.41) is 2.93. The molecule has 2 atom stereocenters. The van der Waals surface area contributed by atoms with Crippen molar-refractivity contribution in [1.29, 1.82) is 0 Å². The summed E-state index contributed by atoms with van der Waals surface area (Å²) in [4.78, 5) is 64.3. The summed E-state index contributed by atoms with van der Waals surface area (Å²) in [5.41, 5.74) is 3.99. The molecule has 0 aromatic carbocycles. The second-order valence-electron chi connectivity index (χ2n) is 17.4. The molecule has 0 saturated carbocycles. The second kappa shape index (κ2) is 19.5. The number of hydrogen-bond donors (Lipinski definition) is 1. The first-order valence-corrected chi connectivity index (χ1v) is 22.2. The van der Waals surface area contributed by atoms with Crippen LogP contribution in [-0.2, 0) is 36.8 Å². The molecular formula is C43H56N16O6. The van der Waals surface area contributed by atoms with Crippen LogP contribution in [0.3, 0.4) is 0 Å². The number of imidazole rings is 2. The van der Waals surface area contributed by atoms with Crippen LogP contribution in [0.1, 0.15) is 33.6 Å². The highest BCUT2D eigenvalue weighted by atomic mass is 16.6. The van der Waals surface area contributed by atoms with Gasteiger partial charge in [-0.25, -0.2) is 59.5 Å². The molecule has 0 spiro atoms. The number of nitrogens with one attached hydrogen (secondary N) is 1. The van der Waals surface area contributed by atoms with E-state index in [2.05, 4.69) is 54.2 Å². The predicted octanol–water partition coefficient (Wildman–Crippen LogP) is 3.73. The van der Waals surface area contributed by atoms with Crippen molar-refractivity contribution in [3.05, 3.63) is 37.4 Å². The maximum atomic E-state index is 12.4. The van der Waals surface area contributed by atoms with Crippen molar-refractivity contribution in [2.75, 3.05) is 113 Å². The Morgan fingerprint density at radius 2 is 1.14 bits per heavy atom. The third-order valence-electron chi connectivity index (χ3n) is 11.5. The lowest BCUT2D eigenvalue weighted by Crippen LogP contribution is -2.37. The number of carbonyl (C=O) groups is 1. The normalized spacial score (nSPS) is 19.1. The van der Waals surface area contributed by atoms with Gasteiger partial charge >= 0.3 is 6.09 Å². The fraction of sp³-hybridized carbons (Fsp3) is 0.558. The molecule has 10 rings (SSSR count). The molecule has 65 heavy (non-hydrogen) atoms. The first-order valence-electron chi connectivity index (χ1n) is 22.2. The Kier molecular flexibility index (Phi) is 13.2. The Labute approximate surface area is 376 Å². The Morgan fingerprint density at radius 1 is 0.677 bits per heavy atom. The molecule has 6 aromatic heterocycles. The number of rotatable bonds is 10. The van der Waals surface area contributed by atoms with Gasteiger partial charge in [0.15, 0.2) is 45.6 Å². The van der Waals surface area contributed by atoms with Gasteiger partial charge in [-0.2, -0.15) is 0 Å². The highest BCUT2D eigenvalue weighted by molar-refractivity contribution is 5.87. The van der Waals surface area contributed by atoms with E-state index >= 15 is 0 Å². The Morgan fingerprint density at radius 3 is 1.55 bits per heavy atom. The highest BCUT2D eigenvalue weighted by Crippen LogP contribution is 2.30. The predicted molar refractivity (Wildman–Crippen MR) is 241 cm³/mol.